The van der Waals surface area contributed by atoms with Crippen LogP contribution in [0.2, 0.25) is 5.02 Å². The van der Waals surface area contributed by atoms with E-state index in [9.17, 15) is 23.1 Å². The first kappa shape index (κ1) is 29.3. The monoisotopic (exact) mass is 558 g/mol. The maximum atomic E-state index is 13.2. The lowest BCUT2D eigenvalue weighted by Gasteiger charge is -2.13. The maximum Gasteiger partial charge on any atom is 0.328 e. The largest absolute Gasteiger partial charge is 0.464 e. The normalized spacial score (nSPS) is 12.9. The Balaban J connectivity index is 1.58. The van der Waals surface area contributed by atoms with Crippen molar-refractivity contribution in [3.05, 3.63) is 94.5 Å². The number of carbonyl (C=O) groups is 2. The third-order valence-electron chi connectivity index (χ3n) is 5.79. The minimum Gasteiger partial charge on any atom is -0.464 e. The SMILES string of the molecule is CCOC(=O)[C@@H](C)NC(=O)c1cccc(S(=O)(=O)c2ccc(CCNC[C@H](O)c3cccc(Cl)c3)cc2)c1. The highest BCUT2D eigenvalue weighted by atomic mass is 35.5. The molecule has 202 valence electrons. The Morgan fingerprint density at radius 2 is 1.71 bits per heavy atom. The van der Waals surface area contributed by atoms with Crippen LogP contribution in [0.4, 0.5) is 0 Å². The molecule has 3 rings (SSSR count). The Labute approximate surface area is 227 Å². The number of esters is 1. The molecule has 2 atom stereocenters. The van der Waals surface area contributed by atoms with Crippen LogP contribution in [-0.4, -0.2) is 51.1 Å². The second-order valence-electron chi connectivity index (χ2n) is 8.65. The van der Waals surface area contributed by atoms with Gasteiger partial charge in [0.15, 0.2) is 0 Å². The van der Waals surface area contributed by atoms with Crippen LogP contribution < -0.4 is 10.6 Å². The summed E-state index contributed by atoms with van der Waals surface area (Å²) >= 11 is 5.97. The summed E-state index contributed by atoms with van der Waals surface area (Å²) in [5.74, 6) is -1.15. The van der Waals surface area contributed by atoms with Crippen molar-refractivity contribution in [2.24, 2.45) is 0 Å². The number of hydrogen-bond acceptors (Lipinski definition) is 7. The number of aliphatic hydroxyl groups excluding tert-OH is 1. The fraction of sp³-hybridized carbons (Fsp3) is 0.286. The number of aliphatic hydroxyl groups is 1. The molecule has 0 aliphatic carbocycles. The molecule has 0 aromatic heterocycles. The predicted molar refractivity (Wildman–Crippen MR) is 145 cm³/mol. The average molecular weight is 559 g/mol. The van der Waals surface area contributed by atoms with E-state index in [1.54, 1.807) is 37.3 Å². The summed E-state index contributed by atoms with van der Waals surface area (Å²) in [4.78, 5) is 24.4. The Hall–Kier alpha value is -3.24. The van der Waals surface area contributed by atoms with Gasteiger partial charge in [0.25, 0.3) is 5.91 Å². The van der Waals surface area contributed by atoms with E-state index >= 15 is 0 Å². The zero-order valence-electron chi connectivity index (χ0n) is 21.2. The second kappa shape index (κ2) is 13.5. The van der Waals surface area contributed by atoms with Gasteiger partial charge in [-0.1, -0.05) is 41.9 Å². The van der Waals surface area contributed by atoms with Gasteiger partial charge < -0.3 is 20.5 Å². The van der Waals surface area contributed by atoms with Crippen molar-refractivity contribution in [3.8, 4) is 0 Å². The lowest BCUT2D eigenvalue weighted by molar-refractivity contribution is -0.144. The molecular weight excluding hydrogens is 528 g/mol. The van der Waals surface area contributed by atoms with Crippen molar-refractivity contribution in [2.75, 3.05) is 19.7 Å². The summed E-state index contributed by atoms with van der Waals surface area (Å²) in [6, 6.07) is 18.4. The third-order valence-corrected chi connectivity index (χ3v) is 7.79. The highest BCUT2D eigenvalue weighted by Gasteiger charge is 2.21. The molecule has 0 aliphatic rings. The first-order valence-corrected chi connectivity index (χ1v) is 14.0. The Morgan fingerprint density at radius 3 is 2.39 bits per heavy atom. The van der Waals surface area contributed by atoms with Crippen LogP contribution >= 0.6 is 11.6 Å². The molecule has 38 heavy (non-hydrogen) atoms. The molecule has 0 saturated heterocycles. The number of sulfone groups is 1. The number of rotatable bonds is 12. The molecule has 0 heterocycles. The number of nitrogens with one attached hydrogen (secondary N) is 2. The zero-order chi connectivity index (χ0) is 27.7. The van der Waals surface area contributed by atoms with Crippen molar-refractivity contribution in [2.45, 2.75) is 42.2 Å². The molecule has 0 bridgehead atoms. The fourth-order valence-electron chi connectivity index (χ4n) is 3.69. The van der Waals surface area contributed by atoms with E-state index in [4.69, 9.17) is 16.3 Å². The fourth-order valence-corrected chi connectivity index (χ4v) is 5.19. The van der Waals surface area contributed by atoms with Crippen LogP contribution in [0.25, 0.3) is 0 Å². The van der Waals surface area contributed by atoms with Crippen molar-refractivity contribution in [3.63, 3.8) is 0 Å². The van der Waals surface area contributed by atoms with Gasteiger partial charge in [0, 0.05) is 17.1 Å². The minimum atomic E-state index is -3.87. The van der Waals surface area contributed by atoms with E-state index < -0.39 is 33.9 Å². The summed E-state index contributed by atoms with van der Waals surface area (Å²) in [7, 11) is -3.87. The molecule has 0 saturated carbocycles. The van der Waals surface area contributed by atoms with Gasteiger partial charge in [-0.2, -0.15) is 0 Å². The maximum absolute atomic E-state index is 13.2. The number of halogens is 1. The smallest absolute Gasteiger partial charge is 0.328 e. The van der Waals surface area contributed by atoms with Crippen molar-refractivity contribution in [1.29, 1.82) is 0 Å². The summed E-state index contributed by atoms with van der Waals surface area (Å²) in [5, 5.41) is 16.6. The van der Waals surface area contributed by atoms with Crippen LogP contribution in [0.15, 0.2) is 82.6 Å². The average Bonchev–Trinajstić information content (AvgIpc) is 2.91. The number of carbonyl (C=O) groups excluding carboxylic acids is 2. The summed E-state index contributed by atoms with van der Waals surface area (Å²) in [6.07, 6.45) is -0.0517. The summed E-state index contributed by atoms with van der Waals surface area (Å²) < 4.78 is 31.2. The van der Waals surface area contributed by atoms with Gasteiger partial charge in [0.05, 0.1) is 22.5 Å². The Bertz CT molecular complexity index is 1360. The van der Waals surface area contributed by atoms with Gasteiger partial charge in [-0.25, -0.2) is 13.2 Å². The minimum absolute atomic E-state index is 0.0293. The second-order valence-corrected chi connectivity index (χ2v) is 11.0. The van der Waals surface area contributed by atoms with Crippen LogP contribution in [0.3, 0.4) is 0 Å². The Morgan fingerprint density at radius 1 is 1.00 bits per heavy atom. The summed E-state index contributed by atoms with van der Waals surface area (Å²) in [6.45, 7) is 4.30. The van der Waals surface area contributed by atoms with Crippen LogP contribution in [-0.2, 0) is 25.8 Å². The van der Waals surface area contributed by atoms with Crippen LogP contribution in [0.5, 0.6) is 0 Å². The highest BCUT2D eigenvalue weighted by Crippen LogP contribution is 2.22. The van der Waals surface area contributed by atoms with E-state index in [-0.39, 0.29) is 22.0 Å². The van der Waals surface area contributed by atoms with E-state index in [0.717, 1.165) is 11.1 Å². The van der Waals surface area contributed by atoms with E-state index in [1.165, 1.54) is 43.3 Å². The first-order valence-electron chi connectivity index (χ1n) is 12.2. The number of hydrogen-bond donors (Lipinski definition) is 3. The van der Waals surface area contributed by atoms with Gasteiger partial charge >= 0.3 is 5.97 Å². The number of benzene rings is 3. The molecule has 0 fully saturated rings. The molecule has 0 spiro atoms. The Kier molecular flexibility index (Phi) is 10.4. The molecule has 10 heteroatoms. The standard InChI is InChI=1S/C28H31ClN2O6S/c1-3-37-28(34)19(2)31-27(33)22-7-5-9-25(17-22)38(35,36)24-12-10-20(11-13-24)14-15-30-18-26(32)21-6-4-8-23(29)16-21/h4-13,16-17,19,26,30,32H,3,14-15,18H2,1-2H3,(H,31,33)/t19-,26+/m1/s1. The van der Waals surface area contributed by atoms with Crippen LogP contribution in [0.1, 0.15) is 41.4 Å². The molecule has 0 radical (unpaired) electrons. The third kappa shape index (κ3) is 7.88. The van der Waals surface area contributed by atoms with E-state index in [1.807, 2.05) is 6.07 Å². The van der Waals surface area contributed by atoms with E-state index in [0.29, 0.717) is 24.5 Å². The van der Waals surface area contributed by atoms with Crippen molar-refractivity contribution >= 4 is 33.3 Å². The molecule has 3 aromatic rings. The molecule has 8 nitrogen and oxygen atoms in total. The van der Waals surface area contributed by atoms with Gasteiger partial charge in [-0.05, 0) is 80.4 Å². The lowest BCUT2D eigenvalue weighted by Crippen LogP contribution is -2.39. The molecule has 0 aliphatic heterocycles. The van der Waals surface area contributed by atoms with Crippen molar-refractivity contribution < 1.29 is 27.9 Å². The number of ether oxygens (including phenoxy) is 1. The highest BCUT2D eigenvalue weighted by molar-refractivity contribution is 7.91. The topological polar surface area (TPSA) is 122 Å². The molecule has 1 amide bonds. The van der Waals surface area contributed by atoms with Crippen molar-refractivity contribution in [1.82, 2.24) is 10.6 Å². The van der Waals surface area contributed by atoms with Gasteiger partial charge in [-0.3, -0.25) is 4.79 Å². The summed E-state index contributed by atoms with van der Waals surface area (Å²) in [5.41, 5.74) is 1.77. The van der Waals surface area contributed by atoms with Gasteiger partial charge in [0.1, 0.15) is 6.04 Å². The quantitative estimate of drug-likeness (QED) is 0.229. The predicted octanol–water partition coefficient (Wildman–Crippen LogP) is 3.72. The molecular formula is C28H31ClN2O6S. The molecule has 3 aromatic carbocycles. The van der Waals surface area contributed by atoms with Crippen LogP contribution in [0, 0.1) is 0 Å². The van der Waals surface area contributed by atoms with E-state index in [2.05, 4.69) is 10.6 Å². The molecule has 3 N–H and O–H groups in total. The zero-order valence-corrected chi connectivity index (χ0v) is 22.8. The van der Waals surface area contributed by atoms with Gasteiger partial charge in [0.2, 0.25) is 9.84 Å². The lowest BCUT2D eigenvalue weighted by atomic mass is 10.1. The first-order chi connectivity index (χ1) is 18.1. The van der Waals surface area contributed by atoms with Gasteiger partial charge in [-0.15, -0.1) is 0 Å². The number of amides is 1. The molecule has 0 unspecified atom stereocenters.